The summed E-state index contributed by atoms with van der Waals surface area (Å²) in [5.74, 6) is -0.175. The number of rotatable bonds is 3. The molecule has 0 aromatic heterocycles. The van der Waals surface area contributed by atoms with Crippen LogP contribution in [-0.2, 0) is 6.42 Å². The second-order valence-electron chi connectivity index (χ2n) is 5.76. The molecule has 2 aromatic rings. The molecular formula is C18H17BrClNO2. The van der Waals surface area contributed by atoms with E-state index < -0.39 is 0 Å². The van der Waals surface area contributed by atoms with Gasteiger partial charge >= 0.3 is 0 Å². The number of hydrogen-bond acceptors (Lipinski definition) is 2. The molecule has 0 aliphatic heterocycles. The lowest BCUT2D eigenvalue weighted by Crippen LogP contribution is -2.38. The number of nitrogens with one attached hydrogen (secondary N) is 1. The fourth-order valence-electron chi connectivity index (χ4n) is 3.11. The Balaban J connectivity index is 1.91. The second kappa shape index (κ2) is 7.04. The van der Waals surface area contributed by atoms with Gasteiger partial charge in [-0.25, -0.2) is 0 Å². The molecule has 0 saturated heterocycles. The third kappa shape index (κ3) is 3.44. The van der Waals surface area contributed by atoms with Gasteiger partial charge in [0, 0.05) is 22.0 Å². The predicted molar refractivity (Wildman–Crippen MR) is 94.7 cm³/mol. The molecule has 0 fully saturated rings. The summed E-state index contributed by atoms with van der Waals surface area (Å²) in [6, 6.07) is 13.0. The van der Waals surface area contributed by atoms with Gasteiger partial charge in [-0.2, -0.15) is 0 Å². The molecule has 1 aliphatic rings. The summed E-state index contributed by atoms with van der Waals surface area (Å²) in [7, 11) is 0. The van der Waals surface area contributed by atoms with Crippen LogP contribution in [0, 0.1) is 5.92 Å². The lowest BCUT2D eigenvalue weighted by atomic mass is 9.80. The molecule has 1 aliphatic carbocycles. The Morgan fingerprint density at radius 3 is 2.87 bits per heavy atom. The first-order chi connectivity index (χ1) is 11.1. The molecule has 2 aromatic carbocycles. The van der Waals surface area contributed by atoms with Crippen molar-refractivity contribution in [3.8, 4) is 0 Å². The molecule has 0 bridgehead atoms. The smallest absolute Gasteiger partial charge is 0.252 e. The third-order valence-corrected chi connectivity index (χ3v) is 5.27. The fourth-order valence-corrected chi connectivity index (χ4v) is 3.71. The average Bonchev–Trinajstić information content (AvgIpc) is 2.57. The van der Waals surface area contributed by atoms with Crippen molar-refractivity contribution in [2.45, 2.75) is 18.9 Å². The van der Waals surface area contributed by atoms with Crippen molar-refractivity contribution in [3.63, 3.8) is 0 Å². The lowest BCUT2D eigenvalue weighted by Gasteiger charge is -2.33. The van der Waals surface area contributed by atoms with E-state index in [1.165, 1.54) is 5.56 Å². The fraction of sp³-hybridized carbons (Fsp3) is 0.278. The summed E-state index contributed by atoms with van der Waals surface area (Å²) in [6.45, 7) is 0.0516. The standard InChI is InChI=1S/C18H17BrClNO2/c19-16-8-7-13(20)9-15(16)18(23)21-17-12(10-22)6-5-11-3-1-2-4-14(11)17/h1-4,7-9,12,17,22H,5-6,10H2,(H,21,23)/t12-,17+/m0/s1. The number of amides is 1. The van der Waals surface area contributed by atoms with E-state index in [1.807, 2.05) is 18.2 Å². The Kier molecular flexibility index (Phi) is 5.05. The molecule has 0 radical (unpaired) electrons. The van der Waals surface area contributed by atoms with Gasteiger partial charge in [-0.15, -0.1) is 0 Å². The Labute approximate surface area is 148 Å². The molecule has 0 unspecified atom stereocenters. The zero-order valence-electron chi connectivity index (χ0n) is 12.4. The molecule has 3 nitrogen and oxygen atoms in total. The van der Waals surface area contributed by atoms with Crippen LogP contribution in [-0.4, -0.2) is 17.6 Å². The average molecular weight is 395 g/mol. The van der Waals surface area contributed by atoms with Crippen LogP contribution in [0.5, 0.6) is 0 Å². The summed E-state index contributed by atoms with van der Waals surface area (Å²) < 4.78 is 0.698. The minimum Gasteiger partial charge on any atom is -0.396 e. The summed E-state index contributed by atoms with van der Waals surface area (Å²) in [5.41, 5.74) is 2.81. The van der Waals surface area contributed by atoms with E-state index in [9.17, 15) is 9.90 Å². The van der Waals surface area contributed by atoms with Crippen molar-refractivity contribution in [2.24, 2.45) is 5.92 Å². The van der Waals surface area contributed by atoms with Gasteiger partial charge in [0.2, 0.25) is 0 Å². The molecule has 2 N–H and O–H groups in total. The largest absolute Gasteiger partial charge is 0.396 e. The quantitative estimate of drug-likeness (QED) is 0.822. The van der Waals surface area contributed by atoms with Crippen molar-refractivity contribution < 1.29 is 9.90 Å². The van der Waals surface area contributed by atoms with E-state index in [0.717, 1.165) is 18.4 Å². The molecular weight excluding hydrogens is 378 g/mol. The maximum Gasteiger partial charge on any atom is 0.252 e. The maximum absolute atomic E-state index is 12.7. The van der Waals surface area contributed by atoms with Crippen LogP contribution in [0.1, 0.15) is 33.9 Å². The Bertz CT molecular complexity index is 735. The highest BCUT2D eigenvalue weighted by Gasteiger charge is 2.30. The summed E-state index contributed by atoms with van der Waals surface area (Å²) >= 11 is 9.39. The SMILES string of the molecule is O=C(N[C@H]1c2ccccc2CC[C@H]1CO)c1cc(Cl)ccc1Br. The van der Waals surface area contributed by atoms with Gasteiger partial charge in [-0.05, 0) is 58.1 Å². The van der Waals surface area contributed by atoms with Crippen molar-refractivity contribution in [2.75, 3.05) is 6.61 Å². The number of aliphatic hydroxyl groups is 1. The molecule has 1 amide bonds. The van der Waals surface area contributed by atoms with Crippen LogP contribution < -0.4 is 5.32 Å². The topological polar surface area (TPSA) is 49.3 Å². The normalized spacial score (nSPS) is 20.0. The molecule has 3 rings (SSSR count). The molecule has 0 spiro atoms. The second-order valence-corrected chi connectivity index (χ2v) is 7.05. The van der Waals surface area contributed by atoms with Gasteiger partial charge in [-0.1, -0.05) is 35.9 Å². The van der Waals surface area contributed by atoms with Gasteiger partial charge in [0.25, 0.3) is 5.91 Å². The minimum atomic E-state index is -0.195. The number of benzene rings is 2. The van der Waals surface area contributed by atoms with E-state index in [0.29, 0.717) is 15.1 Å². The zero-order chi connectivity index (χ0) is 16.4. The first-order valence-electron chi connectivity index (χ1n) is 7.54. The number of hydrogen-bond donors (Lipinski definition) is 2. The van der Waals surface area contributed by atoms with E-state index in [-0.39, 0.29) is 24.5 Å². The lowest BCUT2D eigenvalue weighted by molar-refractivity contribution is 0.0892. The number of fused-ring (bicyclic) bond motifs is 1. The Hall–Kier alpha value is -1.36. The Morgan fingerprint density at radius 1 is 1.30 bits per heavy atom. The summed E-state index contributed by atoms with van der Waals surface area (Å²) in [4.78, 5) is 12.7. The van der Waals surface area contributed by atoms with Crippen LogP contribution in [0.25, 0.3) is 0 Å². The molecule has 2 atom stereocenters. The monoisotopic (exact) mass is 393 g/mol. The maximum atomic E-state index is 12.7. The van der Waals surface area contributed by atoms with Crippen LogP contribution in [0.2, 0.25) is 5.02 Å². The molecule has 120 valence electrons. The summed E-state index contributed by atoms with van der Waals surface area (Å²) in [6.07, 6.45) is 1.78. The van der Waals surface area contributed by atoms with Gasteiger partial charge in [0.1, 0.15) is 0 Å². The van der Waals surface area contributed by atoms with Crippen LogP contribution in [0.4, 0.5) is 0 Å². The number of aryl methyl sites for hydroxylation is 1. The van der Waals surface area contributed by atoms with E-state index in [4.69, 9.17) is 11.6 Å². The number of carbonyl (C=O) groups is 1. The van der Waals surface area contributed by atoms with Crippen LogP contribution in [0.3, 0.4) is 0 Å². The van der Waals surface area contributed by atoms with Crippen LogP contribution in [0.15, 0.2) is 46.9 Å². The van der Waals surface area contributed by atoms with E-state index >= 15 is 0 Å². The summed E-state index contributed by atoms with van der Waals surface area (Å²) in [5, 5.41) is 13.3. The van der Waals surface area contributed by atoms with Gasteiger partial charge in [0.05, 0.1) is 11.6 Å². The molecule has 5 heteroatoms. The molecule has 0 saturated carbocycles. The zero-order valence-corrected chi connectivity index (χ0v) is 14.8. The number of halogens is 2. The highest BCUT2D eigenvalue weighted by molar-refractivity contribution is 9.10. The van der Waals surface area contributed by atoms with E-state index in [1.54, 1.807) is 18.2 Å². The van der Waals surface area contributed by atoms with Gasteiger partial charge in [0.15, 0.2) is 0 Å². The Morgan fingerprint density at radius 2 is 2.09 bits per heavy atom. The first kappa shape index (κ1) is 16.5. The van der Waals surface area contributed by atoms with Crippen LogP contribution >= 0.6 is 27.5 Å². The molecule has 23 heavy (non-hydrogen) atoms. The van der Waals surface area contributed by atoms with Crippen molar-refractivity contribution in [3.05, 3.63) is 68.7 Å². The number of aliphatic hydroxyl groups excluding tert-OH is 1. The van der Waals surface area contributed by atoms with Crippen molar-refractivity contribution in [1.29, 1.82) is 0 Å². The van der Waals surface area contributed by atoms with Crippen molar-refractivity contribution >= 4 is 33.4 Å². The minimum absolute atomic E-state index is 0.0202. The number of carbonyl (C=O) groups excluding carboxylic acids is 1. The van der Waals surface area contributed by atoms with E-state index in [2.05, 4.69) is 27.3 Å². The van der Waals surface area contributed by atoms with Gasteiger partial charge < -0.3 is 10.4 Å². The highest BCUT2D eigenvalue weighted by Crippen LogP contribution is 2.34. The van der Waals surface area contributed by atoms with Crippen molar-refractivity contribution in [1.82, 2.24) is 5.32 Å². The molecule has 0 heterocycles. The van der Waals surface area contributed by atoms with Gasteiger partial charge in [-0.3, -0.25) is 4.79 Å². The highest BCUT2D eigenvalue weighted by atomic mass is 79.9. The third-order valence-electron chi connectivity index (χ3n) is 4.34. The predicted octanol–water partition coefficient (Wildman–Crippen LogP) is 4.13. The first-order valence-corrected chi connectivity index (χ1v) is 8.72.